The highest BCUT2D eigenvalue weighted by Crippen LogP contribution is 2.17. The fourth-order valence-electron chi connectivity index (χ4n) is 3.60. The Hall–Kier alpha value is -2.62. The summed E-state index contributed by atoms with van der Waals surface area (Å²) in [5.41, 5.74) is 4.31. The largest absolute Gasteiger partial charge is 0.350 e. The molecule has 0 saturated carbocycles. The highest BCUT2D eigenvalue weighted by atomic mass is 16.2. The van der Waals surface area contributed by atoms with Crippen LogP contribution in [0.4, 0.5) is 0 Å². The van der Waals surface area contributed by atoms with E-state index in [-0.39, 0.29) is 17.4 Å². The number of rotatable bonds is 9. The van der Waals surface area contributed by atoms with E-state index in [1.165, 1.54) is 11.1 Å². The second kappa shape index (κ2) is 11.1. The van der Waals surface area contributed by atoms with Gasteiger partial charge < -0.3 is 10.2 Å². The van der Waals surface area contributed by atoms with Gasteiger partial charge in [0.05, 0.1) is 0 Å². The maximum Gasteiger partial charge on any atom is 0.243 e. The highest BCUT2D eigenvalue weighted by molar-refractivity contribution is 5.88. The lowest BCUT2D eigenvalue weighted by Crippen LogP contribution is -2.53. The first-order valence-electron chi connectivity index (χ1n) is 11.4. The van der Waals surface area contributed by atoms with Crippen LogP contribution in [0.2, 0.25) is 0 Å². The van der Waals surface area contributed by atoms with Crippen LogP contribution >= 0.6 is 0 Å². The second-order valence-corrected chi connectivity index (χ2v) is 9.34. The van der Waals surface area contributed by atoms with Gasteiger partial charge in [-0.05, 0) is 63.6 Å². The number of nitrogens with zero attached hydrogens (tertiary/aromatic N) is 1. The Morgan fingerprint density at radius 2 is 1.45 bits per heavy atom. The van der Waals surface area contributed by atoms with E-state index in [0.29, 0.717) is 25.8 Å². The number of hydrogen-bond donors (Lipinski definition) is 1. The lowest BCUT2D eigenvalue weighted by molar-refractivity contribution is -0.142. The van der Waals surface area contributed by atoms with Gasteiger partial charge in [0.25, 0.3) is 0 Å². The van der Waals surface area contributed by atoms with Crippen LogP contribution in [-0.4, -0.2) is 28.3 Å². The van der Waals surface area contributed by atoms with Gasteiger partial charge in [-0.1, -0.05) is 67.9 Å². The third-order valence-electron chi connectivity index (χ3n) is 5.42. The topological polar surface area (TPSA) is 49.4 Å². The fourth-order valence-corrected chi connectivity index (χ4v) is 3.60. The Balaban J connectivity index is 2.20. The van der Waals surface area contributed by atoms with Crippen molar-refractivity contribution in [2.24, 2.45) is 0 Å². The first kappa shape index (κ1) is 24.6. The molecule has 2 amide bonds. The maximum absolute atomic E-state index is 13.3. The van der Waals surface area contributed by atoms with Gasteiger partial charge >= 0.3 is 0 Å². The minimum absolute atomic E-state index is 0.0102. The van der Waals surface area contributed by atoms with Crippen LogP contribution in [0.5, 0.6) is 0 Å². The molecule has 2 aromatic carbocycles. The smallest absolute Gasteiger partial charge is 0.243 e. The van der Waals surface area contributed by atoms with E-state index in [1.54, 1.807) is 4.90 Å². The second-order valence-electron chi connectivity index (χ2n) is 9.34. The third-order valence-corrected chi connectivity index (χ3v) is 5.42. The molecule has 4 nitrogen and oxygen atoms in total. The number of carbonyl (C=O) groups is 2. The Bertz CT molecular complexity index is 848. The summed E-state index contributed by atoms with van der Waals surface area (Å²) in [4.78, 5) is 28.1. The quantitative estimate of drug-likeness (QED) is 0.603. The first-order chi connectivity index (χ1) is 14.6. The van der Waals surface area contributed by atoms with E-state index in [4.69, 9.17) is 0 Å². The van der Waals surface area contributed by atoms with Crippen LogP contribution < -0.4 is 5.32 Å². The van der Waals surface area contributed by atoms with E-state index in [1.807, 2.05) is 58.9 Å². The van der Waals surface area contributed by atoms with Crippen molar-refractivity contribution >= 4 is 11.8 Å². The van der Waals surface area contributed by atoms with Gasteiger partial charge in [-0.25, -0.2) is 0 Å². The van der Waals surface area contributed by atoms with Crippen molar-refractivity contribution in [2.45, 2.75) is 85.4 Å². The molecule has 0 bridgehead atoms. The maximum atomic E-state index is 13.3. The number of benzene rings is 2. The third kappa shape index (κ3) is 7.86. The van der Waals surface area contributed by atoms with Crippen molar-refractivity contribution < 1.29 is 9.59 Å². The van der Waals surface area contributed by atoms with E-state index < -0.39 is 6.04 Å². The lowest BCUT2D eigenvalue weighted by atomic mass is 10.0. The molecule has 31 heavy (non-hydrogen) atoms. The lowest BCUT2D eigenvalue weighted by Gasteiger charge is -2.33. The molecule has 2 aromatic rings. The molecular weight excluding hydrogens is 384 g/mol. The normalized spacial score (nSPS) is 12.3. The fraction of sp³-hybridized carbons (Fsp3) is 0.481. The van der Waals surface area contributed by atoms with E-state index in [9.17, 15) is 9.59 Å². The van der Waals surface area contributed by atoms with Gasteiger partial charge in [0.15, 0.2) is 0 Å². The molecule has 0 aromatic heterocycles. The summed E-state index contributed by atoms with van der Waals surface area (Å²) in [5.74, 6) is -0.0844. The molecule has 0 heterocycles. The number of amides is 2. The first-order valence-corrected chi connectivity index (χ1v) is 11.4. The van der Waals surface area contributed by atoms with Crippen molar-refractivity contribution in [3.8, 4) is 0 Å². The molecule has 168 valence electrons. The summed E-state index contributed by atoms with van der Waals surface area (Å²) in [6.45, 7) is 12.5. The zero-order chi connectivity index (χ0) is 23.0. The molecular formula is C27H38N2O2. The predicted molar refractivity (Wildman–Crippen MR) is 128 cm³/mol. The van der Waals surface area contributed by atoms with Gasteiger partial charge in [-0.15, -0.1) is 0 Å². The van der Waals surface area contributed by atoms with Crippen molar-refractivity contribution in [3.05, 3.63) is 70.8 Å². The summed E-state index contributed by atoms with van der Waals surface area (Å²) in [6.07, 6.45) is 2.64. The summed E-state index contributed by atoms with van der Waals surface area (Å²) in [7, 11) is 0. The monoisotopic (exact) mass is 422 g/mol. The molecule has 2 rings (SSSR count). The summed E-state index contributed by atoms with van der Waals surface area (Å²) in [5, 5.41) is 3.05. The van der Waals surface area contributed by atoms with Gasteiger partial charge in [0.2, 0.25) is 11.8 Å². The standard InChI is InChI=1S/C27H38N2O2/c1-7-21-13-15-22(16-14-21)17-18-25(30)29(19-23-11-9-20(3)10-12-23)24(8-2)26(31)28-27(4,5)6/h9-16,24H,7-8,17-19H2,1-6H3,(H,28,31)/t24-/m0/s1. The van der Waals surface area contributed by atoms with Crippen LogP contribution in [0, 0.1) is 6.92 Å². The van der Waals surface area contributed by atoms with E-state index in [2.05, 4.69) is 36.5 Å². The molecule has 0 aliphatic heterocycles. The average Bonchev–Trinajstić information content (AvgIpc) is 2.72. The summed E-state index contributed by atoms with van der Waals surface area (Å²) in [6, 6.07) is 16.1. The number of nitrogens with one attached hydrogen (secondary N) is 1. The van der Waals surface area contributed by atoms with Crippen LogP contribution in [0.25, 0.3) is 0 Å². The average molecular weight is 423 g/mol. The van der Waals surface area contributed by atoms with Crippen molar-refractivity contribution in [2.75, 3.05) is 0 Å². The number of carbonyl (C=O) groups excluding carboxylic acids is 2. The number of aryl methyl sites for hydroxylation is 3. The Labute approximate surface area is 188 Å². The highest BCUT2D eigenvalue weighted by Gasteiger charge is 2.30. The zero-order valence-corrected chi connectivity index (χ0v) is 20.0. The van der Waals surface area contributed by atoms with Crippen molar-refractivity contribution in [1.29, 1.82) is 0 Å². The van der Waals surface area contributed by atoms with Gasteiger partial charge in [0.1, 0.15) is 6.04 Å². The summed E-state index contributed by atoms with van der Waals surface area (Å²) < 4.78 is 0. The molecule has 0 spiro atoms. The molecule has 4 heteroatoms. The van der Waals surface area contributed by atoms with Gasteiger partial charge in [-0.2, -0.15) is 0 Å². The van der Waals surface area contributed by atoms with Gasteiger partial charge in [0, 0.05) is 18.5 Å². The van der Waals surface area contributed by atoms with Gasteiger partial charge in [-0.3, -0.25) is 9.59 Å². The SMILES string of the molecule is CCc1ccc(CCC(=O)N(Cc2ccc(C)cc2)[C@@H](CC)C(=O)NC(C)(C)C)cc1. The van der Waals surface area contributed by atoms with Crippen molar-refractivity contribution in [1.82, 2.24) is 10.2 Å². The Morgan fingerprint density at radius 3 is 1.97 bits per heavy atom. The minimum Gasteiger partial charge on any atom is -0.350 e. The molecule has 0 unspecified atom stereocenters. The van der Waals surface area contributed by atoms with Crippen LogP contribution in [-0.2, 0) is 29.0 Å². The number of hydrogen-bond acceptors (Lipinski definition) is 2. The predicted octanol–water partition coefficient (Wildman–Crippen LogP) is 5.21. The summed E-state index contributed by atoms with van der Waals surface area (Å²) >= 11 is 0. The minimum atomic E-state index is -0.490. The Kier molecular flexibility index (Phi) is 8.85. The molecule has 0 radical (unpaired) electrons. The molecule has 1 N–H and O–H groups in total. The van der Waals surface area contributed by atoms with Crippen molar-refractivity contribution in [3.63, 3.8) is 0 Å². The van der Waals surface area contributed by atoms with Crippen LogP contribution in [0.15, 0.2) is 48.5 Å². The molecule has 0 aliphatic rings. The zero-order valence-electron chi connectivity index (χ0n) is 20.0. The Morgan fingerprint density at radius 1 is 0.903 bits per heavy atom. The van der Waals surface area contributed by atoms with E-state index >= 15 is 0 Å². The molecule has 0 saturated heterocycles. The molecule has 0 aliphatic carbocycles. The molecule has 1 atom stereocenters. The van der Waals surface area contributed by atoms with E-state index in [0.717, 1.165) is 17.5 Å². The van der Waals surface area contributed by atoms with Crippen LogP contribution in [0.1, 0.15) is 69.7 Å². The van der Waals surface area contributed by atoms with Crippen LogP contribution in [0.3, 0.4) is 0 Å². The molecule has 0 fully saturated rings.